The number of hydrogen-bond donors (Lipinski definition) is 2. The summed E-state index contributed by atoms with van der Waals surface area (Å²) in [5, 5.41) is 11.0. The van der Waals surface area contributed by atoms with Gasteiger partial charge in [0.25, 0.3) is 5.91 Å². The van der Waals surface area contributed by atoms with Crippen LogP contribution in [0.1, 0.15) is 26.7 Å². The monoisotopic (exact) mass is 167 g/mol. The number of carboxylic acid groups (broad SMARTS) is 1. The minimum absolute atomic E-state index is 0.118. The van der Waals surface area contributed by atoms with Crippen LogP contribution >= 0.6 is 0 Å². The number of carbonyl (C=O) groups is 2. The molecule has 2 heterocycles. The van der Waals surface area contributed by atoms with Gasteiger partial charge in [0.15, 0.2) is 5.76 Å². The molecule has 1 aromatic heterocycles. The highest BCUT2D eigenvalue weighted by Crippen LogP contribution is 2.19. The first-order valence-electron chi connectivity index (χ1n) is 3.32. The molecule has 0 radical (unpaired) electrons. The fourth-order valence-corrected chi connectivity index (χ4v) is 1.11. The van der Waals surface area contributed by atoms with E-state index in [-0.39, 0.29) is 17.4 Å². The topological polar surface area (TPSA) is 79.5 Å². The number of aromatic carboxylic acids is 1. The Kier molecular flexibility index (Phi) is 1.21. The van der Waals surface area contributed by atoms with Crippen molar-refractivity contribution >= 4 is 11.9 Å². The first-order chi connectivity index (χ1) is 5.68. The lowest BCUT2D eigenvalue weighted by Crippen LogP contribution is -2.13. The van der Waals surface area contributed by atoms with Gasteiger partial charge >= 0.3 is 5.97 Å². The van der Waals surface area contributed by atoms with Crippen LogP contribution in [-0.4, -0.2) is 17.0 Å². The fraction of sp³-hybridized carbons (Fsp3) is 0.143. The Bertz CT molecular complexity index is 365. The summed E-state index contributed by atoms with van der Waals surface area (Å²) in [5.74, 6) is -1.57. The van der Waals surface area contributed by atoms with Crippen molar-refractivity contribution in [2.24, 2.45) is 0 Å². The molecule has 0 unspecified atom stereocenters. The van der Waals surface area contributed by atoms with Crippen LogP contribution in [0.25, 0.3) is 0 Å². The van der Waals surface area contributed by atoms with Gasteiger partial charge in [0.05, 0.1) is 0 Å². The highest BCUT2D eigenvalue weighted by molar-refractivity contribution is 5.97. The normalized spacial score (nSPS) is 14.2. The number of rotatable bonds is 1. The van der Waals surface area contributed by atoms with E-state index in [2.05, 4.69) is 5.32 Å². The molecule has 2 rings (SSSR count). The molecule has 0 aromatic carbocycles. The Labute approximate surface area is 67.0 Å². The van der Waals surface area contributed by atoms with Gasteiger partial charge in [0, 0.05) is 12.1 Å². The van der Waals surface area contributed by atoms with Crippen LogP contribution < -0.4 is 5.32 Å². The SMILES string of the molecule is O=C(O)c1cc2c(o1)C(=O)NC2. The highest BCUT2D eigenvalue weighted by atomic mass is 16.4. The molecule has 0 saturated carbocycles. The number of carbonyl (C=O) groups excluding carboxylic acids is 1. The van der Waals surface area contributed by atoms with Gasteiger partial charge in [-0.05, 0) is 6.07 Å². The maximum Gasteiger partial charge on any atom is 0.371 e. The Morgan fingerprint density at radius 3 is 3.00 bits per heavy atom. The molecule has 62 valence electrons. The van der Waals surface area contributed by atoms with Gasteiger partial charge in [0.2, 0.25) is 5.76 Å². The van der Waals surface area contributed by atoms with Gasteiger partial charge in [-0.3, -0.25) is 4.79 Å². The predicted octanol–water partition coefficient (Wildman–Crippen LogP) is 0.221. The number of furan rings is 1. The molecule has 1 aliphatic rings. The van der Waals surface area contributed by atoms with E-state index < -0.39 is 5.97 Å². The van der Waals surface area contributed by atoms with Crippen molar-refractivity contribution in [1.29, 1.82) is 0 Å². The largest absolute Gasteiger partial charge is 0.475 e. The second-order valence-electron chi connectivity index (χ2n) is 2.45. The van der Waals surface area contributed by atoms with Crippen LogP contribution in [-0.2, 0) is 6.54 Å². The average Bonchev–Trinajstić information content (AvgIpc) is 2.53. The zero-order chi connectivity index (χ0) is 8.72. The van der Waals surface area contributed by atoms with Crippen LogP contribution in [0, 0.1) is 0 Å². The van der Waals surface area contributed by atoms with Gasteiger partial charge in [-0.2, -0.15) is 0 Å². The van der Waals surface area contributed by atoms with Crippen molar-refractivity contribution in [3.8, 4) is 0 Å². The number of nitrogens with one attached hydrogen (secondary N) is 1. The molecule has 5 heteroatoms. The van der Waals surface area contributed by atoms with Crippen LogP contribution in [0.4, 0.5) is 0 Å². The molecular weight excluding hydrogens is 162 g/mol. The van der Waals surface area contributed by atoms with Crippen molar-refractivity contribution in [2.45, 2.75) is 6.54 Å². The van der Waals surface area contributed by atoms with Gasteiger partial charge < -0.3 is 14.8 Å². The molecule has 2 N–H and O–H groups in total. The smallest absolute Gasteiger partial charge is 0.371 e. The van der Waals surface area contributed by atoms with E-state index in [1.165, 1.54) is 6.07 Å². The third-order valence-electron chi connectivity index (χ3n) is 1.67. The lowest BCUT2D eigenvalue weighted by Gasteiger charge is -1.88. The summed E-state index contributed by atoms with van der Waals surface area (Å²) >= 11 is 0. The van der Waals surface area contributed by atoms with Crippen LogP contribution in [0.15, 0.2) is 10.5 Å². The Balaban J connectivity index is 2.49. The predicted molar refractivity (Wildman–Crippen MR) is 36.8 cm³/mol. The number of fused-ring (bicyclic) bond motifs is 1. The minimum Gasteiger partial charge on any atom is -0.475 e. The highest BCUT2D eigenvalue weighted by Gasteiger charge is 2.26. The zero-order valence-electron chi connectivity index (χ0n) is 5.96. The maximum absolute atomic E-state index is 10.9. The van der Waals surface area contributed by atoms with Crippen molar-refractivity contribution < 1.29 is 19.1 Å². The van der Waals surface area contributed by atoms with Crippen molar-refractivity contribution in [2.75, 3.05) is 0 Å². The van der Waals surface area contributed by atoms with Gasteiger partial charge in [-0.25, -0.2) is 4.79 Å². The molecule has 1 aromatic rings. The molecule has 0 atom stereocenters. The summed E-state index contributed by atoms with van der Waals surface area (Å²) in [5.41, 5.74) is 0.609. The average molecular weight is 167 g/mol. The summed E-state index contributed by atoms with van der Waals surface area (Å²) in [6.45, 7) is 0.352. The van der Waals surface area contributed by atoms with Crippen LogP contribution in [0.2, 0.25) is 0 Å². The van der Waals surface area contributed by atoms with Crippen molar-refractivity contribution in [1.82, 2.24) is 5.32 Å². The van der Waals surface area contributed by atoms with E-state index in [0.717, 1.165) is 0 Å². The summed E-state index contributed by atoms with van der Waals surface area (Å²) in [6.07, 6.45) is 0. The molecule has 0 saturated heterocycles. The Hall–Kier alpha value is -1.78. The van der Waals surface area contributed by atoms with Crippen LogP contribution in [0.5, 0.6) is 0 Å². The summed E-state index contributed by atoms with van der Waals surface area (Å²) in [7, 11) is 0. The molecule has 5 nitrogen and oxygen atoms in total. The zero-order valence-corrected chi connectivity index (χ0v) is 5.96. The van der Waals surface area contributed by atoms with Crippen molar-refractivity contribution in [3.63, 3.8) is 0 Å². The molecule has 1 amide bonds. The van der Waals surface area contributed by atoms with Crippen LogP contribution in [0.3, 0.4) is 0 Å². The molecule has 1 aliphatic heterocycles. The summed E-state index contributed by atoms with van der Waals surface area (Å²) in [4.78, 5) is 21.3. The van der Waals surface area contributed by atoms with E-state index in [4.69, 9.17) is 9.52 Å². The third-order valence-corrected chi connectivity index (χ3v) is 1.67. The van der Waals surface area contributed by atoms with E-state index in [1.54, 1.807) is 0 Å². The van der Waals surface area contributed by atoms with E-state index in [0.29, 0.717) is 12.1 Å². The third kappa shape index (κ3) is 0.795. The Morgan fingerprint density at radius 2 is 2.42 bits per heavy atom. The molecule has 0 fully saturated rings. The number of amides is 1. The van der Waals surface area contributed by atoms with Crippen molar-refractivity contribution in [3.05, 3.63) is 23.2 Å². The van der Waals surface area contributed by atoms with E-state index in [9.17, 15) is 9.59 Å². The Morgan fingerprint density at radius 1 is 1.67 bits per heavy atom. The standard InChI is InChI=1S/C7H5NO4/c9-6-5-3(2-8-6)1-4(12-5)7(10)11/h1H,2H2,(H,8,9)(H,10,11). The van der Waals surface area contributed by atoms with Gasteiger partial charge in [-0.1, -0.05) is 0 Å². The van der Waals surface area contributed by atoms with Gasteiger partial charge in [-0.15, -0.1) is 0 Å². The lowest BCUT2D eigenvalue weighted by molar-refractivity contribution is 0.0659. The van der Waals surface area contributed by atoms with Gasteiger partial charge in [0.1, 0.15) is 0 Å². The summed E-state index contributed by atoms with van der Waals surface area (Å²) in [6, 6.07) is 1.36. The second-order valence-corrected chi connectivity index (χ2v) is 2.45. The summed E-state index contributed by atoms with van der Waals surface area (Å²) < 4.78 is 4.79. The molecule has 0 spiro atoms. The lowest BCUT2D eigenvalue weighted by atomic mass is 10.3. The quantitative estimate of drug-likeness (QED) is 0.627. The molecule has 0 aliphatic carbocycles. The second kappa shape index (κ2) is 2.10. The fourth-order valence-electron chi connectivity index (χ4n) is 1.11. The van der Waals surface area contributed by atoms with E-state index >= 15 is 0 Å². The maximum atomic E-state index is 10.9. The molecular formula is C7H5NO4. The number of carboxylic acids is 1. The van der Waals surface area contributed by atoms with E-state index in [1.807, 2.05) is 0 Å². The first kappa shape index (κ1) is 6.90. The molecule has 0 bridgehead atoms. The number of hydrogen-bond acceptors (Lipinski definition) is 3. The minimum atomic E-state index is -1.16. The first-order valence-corrected chi connectivity index (χ1v) is 3.32. The molecule has 12 heavy (non-hydrogen) atoms.